The van der Waals surface area contributed by atoms with Crippen molar-refractivity contribution in [1.82, 2.24) is 4.90 Å². The van der Waals surface area contributed by atoms with Gasteiger partial charge in [0.15, 0.2) is 0 Å². The number of hydrogen-bond acceptors (Lipinski definition) is 3. The van der Waals surface area contributed by atoms with Crippen LogP contribution in [0.1, 0.15) is 24.8 Å². The first-order valence-corrected chi connectivity index (χ1v) is 6.69. The summed E-state index contributed by atoms with van der Waals surface area (Å²) in [4.78, 5) is 4.49. The molecule has 0 atom stereocenters. The molecule has 1 saturated heterocycles. The molecule has 18 heavy (non-hydrogen) atoms. The molecule has 0 aromatic heterocycles. The SMILES string of the molecule is CN(CC#N)Cc1ccc(N2CCCCC2)cc1. The van der Waals surface area contributed by atoms with Crippen molar-refractivity contribution < 1.29 is 0 Å². The number of nitrogens with zero attached hydrogens (tertiary/aromatic N) is 3. The fourth-order valence-electron chi connectivity index (χ4n) is 2.45. The number of anilines is 1. The Morgan fingerprint density at radius 3 is 2.44 bits per heavy atom. The Labute approximate surface area is 110 Å². The summed E-state index contributed by atoms with van der Waals surface area (Å²) in [6.45, 7) is 3.70. The van der Waals surface area contributed by atoms with Gasteiger partial charge in [0.25, 0.3) is 0 Å². The van der Waals surface area contributed by atoms with E-state index in [2.05, 4.69) is 35.2 Å². The lowest BCUT2D eigenvalue weighted by Gasteiger charge is -2.29. The molecule has 1 heterocycles. The second-order valence-corrected chi connectivity index (χ2v) is 5.04. The molecule has 1 aliphatic rings. The molecule has 0 radical (unpaired) electrons. The van der Waals surface area contributed by atoms with Crippen LogP contribution < -0.4 is 4.90 Å². The van der Waals surface area contributed by atoms with Crippen molar-refractivity contribution in [3.8, 4) is 6.07 Å². The van der Waals surface area contributed by atoms with Crippen LogP contribution in [0.2, 0.25) is 0 Å². The normalized spacial score (nSPS) is 15.7. The van der Waals surface area contributed by atoms with Crippen molar-refractivity contribution in [1.29, 1.82) is 5.26 Å². The summed E-state index contributed by atoms with van der Waals surface area (Å²) in [6.07, 6.45) is 3.99. The topological polar surface area (TPSA) is 30.3 Å². The van der Waals surface area contributed by atoms with Gasteiger partial charge in [0.2, 0.25) is 0 Å². The van der Waals surface area contributed by atoms with Crippen LogP contribution in [0.4, 0.5) is 5.69 Å². The quantitative estimate of drug-likeness (QED) is 0.762. The van der Waals surface area contributed by atoms with E-state index in [0.717, 1.165) is 6.54 Å². The monoisotopic (exact) mass is 243 g/mol. The summed E-state index contributed by atoms with van der Waals surface area (Å²) in [5, 5.41) is 8.63. The van der Waals surface area contributed by atoms with Gasteiger partial charge in [-0.05, 0) is 44.0 Å². The molecule has 0 N–H and O–H groups in total. The molecular weight excluding hydrogens is 222 g/mol. The Bertz CT molecular complexity index is 399. The highest BCUT2D eigenvalue weighted by Crippen LogP contribution is 2.20. The third-order valence-corrected chi connectivity index (χ3v) is 3.45. The number of benzene rings is 1. The number of piperidine rings is 1. The lowest BCUT2D eigenvalue weighted by molar-refractivity contribution is 0.367. The average Bonchev–Trinajstić information content (AvgIpc) is 2.41. The van der Waals surface area contributed by atoms with Gasteiger partial charge in [-0.15, -0.1) is 0 Å². The molecular formula is C15H21N3. The van der Waals surface area contributed by atoms with Gasteiger partial charge in [0.1, 0.15) is 0 Å². The van der Waals surface area contributed by atoms with Gasteiger partial charge in [-0.3, -0.25) is 4.90 Å². The fraction of sp³-hybridized carbons (Fsp3) is 0.533. The molecule has 1 aliphatic heterocycles. The predicted octanol–water partition coefficient (Wildman–Crippen LogP) is 2.63. The van der Waals surface area contributed by atoms with Crippen LogP contribution in [0, 0.1) is 11.3 Å². The molecule has 3 heteroatoms. The van der Waals surface area contributed by atoms with Gasteiger partial charge >= 0.3 is 0 Å². The Hall–Kier alpha value is -1.53. The van der Waals surface area contributed by atoms with Crippen molar-refractivity contribution in [2.24, 2.45) is 0 Å². The van der Waals surface area contributed by atoms with E-state index < -0.39 is 0 Å². The summed E-state index contributed by atoms with van der Waals surface area (Å²) in [5.74, 6) is 0. The second kappa shape index (κ2) is 6.42. The van der Waals surface area contributed by atoms with Crippen LogP contribution in [0.25, 0.3) is 0 Å². The van der Waals surface area contributed by atoms with Crippen LogP contribution in [0.3, 0.4) is 0 Å². The summed E-state index contributed by atoms with van der Waals surface area (Å²) in [6, 6.07) is 10.9. The Kier molecular flexibility index (Phi) is 4.60. The minimum Gasteiger partial charge on any atom is -0.372 e. The smallest absolute Gasteiger partial charge is 0.0866 e. The highest BCUT2D eigenvalue weighted by molar-refractivity contribution is 5.47. The number of nitriles is 1. The van der Waals surface area contributed by atoms with Gasteiger partial charge < -0.3 is 4.90 Å². The molecule has 1 aromatic rings. The molecule has 0 spiro atoms. The maximum absolute atomic E-state index is 8.63. The predicted molar refractivity (Wildman–Crippen MR) is 74.5 cm³/mol. The van der Waals surface area contributed by atoms with Gasteiger partial charge in [-0.25, -0.2) is 0 Å². The molecule has 96 valence electrons. The first-order valence-electron chi connectivity index (χ1n) is 6.69. The molecule has 1 aromatic carbocycles. The van der Waals surface area contributed by atoms with Crippen LogP contribution in [-0.2, 0) is 6.54 Å². The highest BCUT2D eigenvalue weighted by Gasteiger charge is 2.10. The second-order valence-electron chi connectivity index (χ2n) is 5.04. The first-order chi connectivity index (χ1) is 8.79. The molecule has 1 fully saturated rings. The zero-order valence-electron chi connectivity index (χ0n) is 11.1. The third-order valence-electron chi connectivity index (χ3n) is 3.45. The minimum atomic E-state index is 0.480. The Morgan fingerprint density at radius 1 is 1.17 bits per heavy atom. The standard InChI is InChI=1S/C15H21N3/c1-17(12-9-16)13-14-5-7-15(8-6-14)18-10-3-2-4-11-18/h5-8H,2-4,10-13H2,1H3. The van der Waals surface area contributed by atoms with E-state index in [1.165, 1.54) is 43.6 Å². The maximum Gasteiger partial charge on any atom is 0.0866 e. The number of hydrogen-bond donors (Lipinski definition) is 0. The van der Waals surface area contributed by atoms with Crippen molar-refractivity contribution >= 4 is 5.69 Å². The van der Waals surface area contributed by atoms with Gasteiger partial charge in [0, 0.05) is 25.3 Å². The number of rotatable bonds is 4. The summed E-state index contributed by atoms with van der Waals surface area (Å²) in [7, 11) is 1.97. The van der Waals surface area contributed by atoms with E-state index in [0.29, 0.717) is 6.54 Å². The summed E-state index contributed by atoms with van der Waals surface area (Å²) in [5.41, 5.74) is 2.61. The van der Waals surface area contributed by atoms with Crippen LogP contribution in [0.5, 0.6) is 0 Å². The van der Waals surface area contributed by atoms with Gasteiger partial charge in [-0.1, -0.05) is 12.1 Å². The molecule has 2 rings (SSSR count). The van der Waals surface area contributed by atoms with Crippen molar-refractivity contribution in [3.05, 3.63) is 29.8 Å². The van der Waals surface area contributed by atoms with Gasteiger partial charge in [0.05, 0.1) is 12.6 Å². The molecule has 3 nitrogen and oxygen atoms in total. The van der Waals surface area contributed by atoms with E-state index in [1.807, 2.05) is 11.9 Å². The molecule has 0 unspecified atom stereocenters. The molecule has 0 bridgehead atoms. The largest absolute Gasteiger partial charge is 0.372 e. The van der Waals surface area contributed by atoms with Crippen molar-refractivity contribution in [2.75, 3.05) is 31.6 Å². The third kappa shape index (κ3) is 3.48. The van der Waals surface area contributed by atoms with Crippen molar-refractivity contribution in [3.63, 3.8) is 0 Å². The first kappa shape index (κ1) is 12.9. The van der Waals surface area contributed by atoms with Crippen LogP contribution >= 0.6 is 0 Å². The lowest BCUT2D eigenvalue weighted by Crippen LogP contribution is -2.29. The van der Waals surface area contributed by atoms with Gasteiger partial charge in [-0.2, -0.15) is 5.26 Å². The minimum absolute atomic E-state index is 0.480. The molecule has 0 aliphatic carbocycles. The van der Waals surface area contributed by atoms with E-state index in [-0.39, 0.29) is 0 Å². The fourth-order valence-corrected chi connectivity index (χ4v) is 2.45. The highest BCUT2D eigenvalue weighted by atomic mass is 15.1. The Morgan fingerprint density at radius 2 is 1.83 bits per heavy atom. The summed E-state index contributed by atoms with van der Waals surface area (Å²) < 4.78 is 0. The maximum atomic E-state index is 8.63. The van der Waals surface area contributed by atoms with E-state index in [4.69, 9.17) is 5.26 Å². The van der Waals surface area contributed by atoms with E-state index >= 15 is 0 Å². The van der Waals surface area contributed by atoms with E-state index in [9.17, 15) is 0 Å². The zero-order valence-corrected chi connectivity index (χ0v) is 11.1. The zero-order chi connectivity index (χ0) is 12.8. The van der Waals surface area contributed by atoms with Crippen molar-refractivity contribution in [2.45, 2.75) is 25.8 Å². The average molecular weight is 243 g/mol. The lowest BCUT2D eigenvalue weighted by atomic mass is 10.1. The summed E-state index contributed by atoms with van der Waals surface area (Å²) >= 11 is 0. The van der Waals surface area contributed by atoms with Crippen LogP contribution in [-0.4, -0.2) is 31.6 Å². The molecule has 0 amide bonds. The van der Waals surface area contributed by atoms with Crippen LogP contribution in [0.15, 0.2) is 24.3 Å². The molecule has 0 saturated carbocycles. The van der Waals surface area contributed by atoms with E-state index in [1.54, 1.807) is 0 Å². The Balaban J connectivity index is 1.94.